The van der Waals surface area contributed by atoms with Gasteiger partial charge in [-0.1, -0.05) is 0 Å². The van der Waals surface area contributed by atoms with Gasteiger partial charge < -0.3 is 25.8 Å². The Morgan fingerprint density at radius 1 is 0.917 bits per heavy atom. The minimum Gasteiger partial charge on any atom is -0.481 e. The highest BCUT2D eigenvalue weighted by atomic mass is 32.2. The first-order chi connectivity index (χ1) is 11.1. The second-order valence-corrected chi connectivity index (χ2v) is 7.20. The third-order valence-electron chi connectivity index (χ3n) is 3.95. The maximum absolute atomic E-state index is 11.1. The molecule has 0 aromatic heterocycles. The van der Waals surface area contributed by atoms with Crippen LogP contribution in [0.2, 0.25) is 0 Å². The second kappa shape index (κ2) is 8.88. The monoisotopic (exact) mass is 363 g/mol. The molecule has 0 radical (unpaired) electrons. The van der Waals surface area contributed by atoms with Crippen LogP contribution in [-0.4, -0.2) is 62.3 Å². The number of hydrogen-bond donors (Lipinski definition) is 4. The van der Waals surface area contributed by atoms with Crippen LogP contribution in [0.3, 0.4) is 0 Å². The van der Waals surface area contributed by atoms with Crippen molar-refractivity contribution < 1.29 is 39.2 Å². The van der Waals surface area contributed by atoms with Gasteiger partial charge in [0, 0.05) is 36.3 Å². The van der Waals surface area contributed by atoms with Gasteiger partial charge in [0.1, 0.15) is 6.61 Å². The summed E-state index contributed by atoms with van der Waals surface area (Å²) in [5.41, 5.74) is 6.06. The Morgan fingerprint density at radius 2 is 1.42 bits per heavy atom. The Labute approximate surface area is 142 Å². The van der Waals surface area contributed by atoms with Gasteiger partial charge in [0.25, 0.3) is 0 Å². The maximum atomic E-state index is 11.1. The van der Waals surface area contributed by atoms with Crippen LogP contribution in [0.1, 0.15) is 26.2 Å². The molecule has 1 heterocycles. The van der Waals surface area contributed by atoms with Crippen LogP contribution in [0.4, 0.5) is 0 Å². The van der Waals surface area contributed by atoms with Crippen molar-refractivity contribution in [2.24, 2.45) is 17.6 Å². The van der Waals surface area contributed by atoms with Gasteiger partial charge in [0.05, 0.1) is 6.42 Å². The van der Waals surface area contributed by atoms with Gasteiger partial charge >= 0.3 is 23.9 Å². The van der Waals surface area contributed by atoms with Crippen LogP contribution < -0.4 is 5.73 Å². The smallest absolute Gasteiger partial charge is 0.304 e. The molecule has 0 saturated carbocycles. The van der Waals surface area contributed by atoms with Crippen molar-refractivity contribution in [2.45, 2.75) is 42.7 Å². The van der Waals surface area contributed by atoms with E-state index in [1.54, 1.807) is 0 Å². The van der Waals surface area contributed by atoms with E-state index in [4.69, 9.17) is 25.8 Å². The van der Waals surface area contributed by atoms with Crippen molar-refractivity contribution in [1.82, 2.24) is 0 Å². The number of ether oxygens (including phenoxy) is 1. The lowest BCUT2D eigenvalue weighted by atomic mass is 9.77. The van der Waals surface area contributed by atoms with E-state index in [1.807, 2.05) is 0 Å². The topological polar surface area (TPSA) is 164 Å². The summed E-state index contributed by atoms with van der Waals surface area (Å²) in [7, 11) is 0. The number of aliphatic carboxylic acids is 3. The predicted molar refractivity (Wildman–Crippen MR) is 83.5 cm³/mol. The Morgan fingerprint density at radius 3 is 1.88 bits per heavy atom. The Hall–Kier alpha value is -1.81. The molecule has 0 aliphatic carbocycles. The van der Waals surface area contributed by atoms with Gasteiger partial charge in [-0.05, 0) is 11.8 Å². The van der Waals surface area contributed by atoms with Gasteiger partial charge in [0.15, 0.2) is 0 Å². The molecule has 0 bridgehead atoms. The second-order valence-electron chi connectivity index (χ2n) is 5.71. The number of carboxylic acids is 3. The van der Waals surface area contributed by atoms with Crippen molar-refractivity contribution in [1.29, 1.82) is 0 Å². The van der Waals surface area contributed by atoms with E-state index in [0.29, 0.717) is 0 Å². The fourth-order valence-corrected chi connectivity index (χ4v) is 4.66. The van der Waals surface area contributed by atoms with E-state index in [9.17, 15) is 19.2 Å². The summed E-state index contributed by atoms with van der Waals surface area (Å²) >= 11 is 1.15. The molecule has 0 aromatic carbocycles. The van der Waals surface area contributed by atoms with Crippen molar-refractivity contribution in [2.75, 3.05) is 6.61 Å². The van der Waals surface area contributed by atoms with Gasteiger partial charge in [-0.2, -0.15) is 0 Å². The first-order valence-electron chi connectivity index (χ1n) is 7.31. The minimum atomic E-state index is -1.14. The van der Waals surface area contributed by atoms with Crippen molar-refractivity contribution in [3.05, 3.63) is 0 Å². The Kier molecular flexibility index (Phi) is 7.49. The lowest BCUT2D eigenvalue weighted by Crippen LogP contribution is -2.53. The van der Waals surface area contributed by atoms with E-state index in [1.165, 1.54) is 6.92 Å². The molecule has 0 amide bonds. The molecule has 1 aliphatic heterocycles. The van der Waals surface area contributed by atoms with Crippen LogP contribution in [0.5, 0.6) is 0 Å². The highest BCUT2D eigenvalue weighted by molar-refractivity contribution is 8.00. The predicted octanol–water partition coefficient (Wildman–Crippen LogP) is 0.0173. The van der Waals surface area contributed by atoms with E-state index in [-0.39, 0.29) is 25.9 Å². The lowest BCUT2D eigenvalue weighted by molar-refractivity contribution is -0.144. The van der Waals surface area contributed by atoms with Crippen LogP contribution in [0.25, 0.3) is 0 Å². The van der Waals surface area contributed by atoms with Crippen LogP contribution in [-0.2, 0) is 23.9 Å². The molecule has 24 heavy (non-hydrogen) atoms. The molecule has 1 rings (SSSR count). The SMILES string of the molecule is CC(=O)OC[C@@H]1S[C@@H](CC(=O)O)[C@H](N)[C@H](CC(=O)O)[C@@H]1CC(=O)O. The summed E-state index contributed by atoms with van der Waals surface area (Å²) in [6.45, 7) is 1.09. The maximum Gasteiger partial charge on any atom is 0.304 e. The molecule has 0 aromatic rings. The van der Waals surface area contributed by atoms with E-state index in [0.717, 1.165) is 11.8 Å². The van der Waals surface area contributed by atoms with Gasteiger partial charge in [-0.15, -0.1) is 11.8 Å². The van der Waals surface area contributed by atoms with Gasteiger partial charge in [-0.3, -0.25) is 19.2 Å². The molecule has 136 valence electrons. The number of carbonyl (C=O) groups excluding carboxylic acids is 1. The number of carbonyl (C=O) groups is 4. The van der Waals surface area contributed by atoms with Crippen LogP contribution >= 0.6 is 11.8 Å². The Balaban J connectivity index is 3.08. The molecular weight excluding hydrogens is 342 g/mol. The normalized spacial score (nSPS) is 29.7. The first kappa shape index (κ1) is 20.2. The largest absolute Gasteiger partial charge is 0.481 e. The number of nitrogens with two attached hydrogens (primary N) is 1. The molecule has 10 heteroatoms. The average molecular weight is 363 g/mol. The molecular formula is C14H21NO8S. The summed E-state index contributed by atoms with van der Waals surface area (Å²) < 4.78 is 4.95. The van der Waals surface area contributed by atoms with Crippen molar-refractivity contribution >= 4 is 35.6 Å². The number of hydrogen-bond acceptors (Lipinski definition) is 7. The van der Waals surface area contributed by atoms with Crippen molar-refractivity contribution in [3.8, 4) is 0 Å². The zero-order valence-corrected chi connectivity index (χ0v) is 13.9. The standard InChI is InChI=1S/C14H21NO8S/c1-6(16)23-5-10-7(2-11(17)18)8(3-12(19)20)14(15)9(24-10)4-13(21)22/h7-10,14H,2-5,15H2,1H3,(H,17,18)(H,19,20)(H,21,22)/t7-,8+,9-,10-,14+/m0/s1. The van der Waals surface area contributed by atoms with Gasteiger partial charge in [-0.25, -0.2) is 0 Å². The molecule has 5 atom stereocenters. The molecule has 1 fully saturated rings. The quantitative estimate of drug-likeness (QED) is 0.432. The van der Waals surface area contributed by atoms with E-state index in [2.05, 4.69) is 0 Å². The fraction of sp³-hybridized carbons (Fsp3) is 0.714. The third-order valence-corrected chi connectivity index (χ3v) is 5.61. The number of carboxylic acid groups (broad SMARTS) is 3. The third kappa shape index (κ3) is 6.00. The average Bonchev–Trinajstić information content (AvgIpc) is 2.42. The minimum absolute atomic E-state index is 0.114. The highest BCUT2D eigenvalue weighted by Gasteiger charge is 2.46. The zero-order valence-electron chi connectivity index (χ0n) is 13.1. The summed E-state index contributed by atoms with van der Waals surface area (Å²) in [5.74, 6) is -5.25. The molecule has 9 nitrogen and oxygen atoms in total. The van der Waals surface area contributed by atoms with Crippen molar-refractivity contribution in [3.63, 3.8) is 0 Å². The van der Waals surface area contributed by atoms with Gasteiger partial charge in [0.2, 0.25) is 0 Å². The molecule has 0 spiro atoms. The number of rotatable bonds is 8. The fourth-order valence-electron chi connectivity index (χ4n) is 2.95. The molecule has 5 N–H and O–H groups in total. The zero-order chi connectivity index (χ0) is 18.4. The van der Waals surface area contributed by atoms with E-state index < -0.39 is 52.3 Å². The molecule has 1 aliphatic rings. The van der Waals surface area contributed by atoms with Crippen LogP contribution in [0, 0.1) is 11.8 Å². The number of thioether (sulfide) groups is 1. The highest BCUT2D eigenvalue weighted by Crippen LogP contribution is 2.43. The first-order valence-corrected chi connectivity index (χ1v) is 8.25. The number of esters is 1. The molecule has 1 saturated heterocycles. The van der Waals surface area contributed by atoms with E-state index >= 15 is 0 Å². The Bertz CT molecular complexity index is 495. The van der Waals surface area contributed by atoms with Crippen LogP contribution in [0.15, 0.2) is 0 Å². The summed E-state index contributed by atoms with van der Waals surface area (Å²) in [6.07, 6.45) is -0.977. The lowest BCUT2D eigenvalue weighted by Gasteiger charge is -2.44. The summed E-state index contributed by atoms with van der Waals surface area (Å²) in [6, 6.07) is -0.778. The summed E-state index contributed by atoms with van der Waals surface area (Å²) in [4.78, 5) is 44.3. The summed E-state index contributed by atoms with van der Waals surface area (Å²) in [5, 5.41) is 26.1. The molecule has 0 unspecified atom stereocenters.